The SMILES string of the molecule is CC.[B]Cc1ccc2c(c1F)NC(=O)C(C)O2.[HH]. The lowest BCUT2D eigenvalue weighted by molar-refractivity contribution is -0.122. The monoisotopic (exact) mass is 237 g/mol. The Balaban J connectivity index is 0.000000917. The van der Waals surface area contributed by atoms with Gasteiger partial charge in [0.2, 0.25) is 0 Å². The van der Waals surface area contributed by atoms with E-state index in [1.54, 1.807) is 19.1 Å². The number of benzene rings is 1. The zero-order valence-electron chi connectivity index (χ0n) is 10.2. The van der Waals surface area contributed by atoms with Gasteiger partial charge in [-0.05, 0) is 18.6 Å². The summed E-state index contributed by atoms with van der Waals surface area (Å²) in [5.41, 5.74) is 0.438. The Labute approximate surface area is 103 Å². The van der Waals surface area contributed by atoms with Gasteiger partial charge in [0.25, 0.3) is 5.91 Å². The molecule has 1 atom stereocenters. The van der Waals surface area contributed by atoms with Crippen molar-refractivity contribution in [2.75, 3.05) is 5.32 Å². The summed E-state index contributed by atoms with van der Waals surface area (Å²) in [7, 11) is 5.35. The molecule has 2 rings (SSSR count). The highest BCUT2D eigenvalue weighted by atomic mass is 19.1. The van der Waals surface area contributed by atoms with Crippen molar-refractivity contribution in [3.63, 3.8) is 0 Å². The summed E-state index contributed by atoms with van der Waals surface area (Å²) in [5, 5.41) is 2.46. The molecule has 1 aromatic rings. The first kappa shape index (κ1) is 13.5. The van der Waals surface area contributed by atoms with Crippen molar-refractivity contribution in [2.24, 2.45) is 0 Å². The zero-order valence-corrected chi connectivity index (χ0v) is 10.2. The minimum atomic E-state index is -0.597. The molecule has 0 saturated heterocycles. The van der Waals surface area contributed by atoms with Gasteiger partial charge in [-0.15, -0.1) is 0 Å². The maximum absolute atomic E-state index is 13.7. The van der Waals surface area contributed by atoms with Crippen molar-refractivity contribution < 1.29 is 15.3 Å². The number of carbonyl (C=O) groups excluding carboxylic acids is 1. The van der Waals surface area contributed by atoms with E-state index >= 15 is 0 Å². The fourth-order valence-corrected chi connectivity index (χ4v) is 1.44. The number of hydrogen-bond donors (Lipinski definition) is 1. The van der Waals surface area contributed by atoms with Crippen LogP contribution in [-0.4, -0.2) is 19.9 Å². The van der Waals surface area contributed by atoms with Crippen LogP contribution in [0.2, 0.25) is 0 Å². The molecule has 5 heteroatoms. The average Bonchev–Trinajstić information content (AvgIpc) is 2.35. The number of rotatable bonds is 1. The number of amides is 1. The molecule has 2 radical (unpaired) electrons. The van der Waals surface area contributed by atoms with Gasteiger partial charge in [-0.2, -0.15) is 0 Å². The molecule has 1 aromatic carbocycles. The predicted octanol–water partition coefficient (Wildman–Crippen LogP) is 2.49. The maximum Gasteiger partial charge on any atom is 0.265 e. The first-order chi connectivity index (χ1) is 8.13. The summed E-state index contributed by atoms with van der Waals surface area (Å²) in [6.45, 7) is 5.60. The quantitative estimate of drug-likeness (QED) is 0.762. The number of hydrogen-bond acceptors (Lipinski definition) is 2. The second-order valence-electron chi connectivity index (χ2n) is 3.37. The first-order valence-electron chi connectivity index (χ1n) is 5.62. The van der Waals surface area contributed by atoms with E-state index < -0.39 is 11.9 Å². The molecule has 1 heterocycles. The fourth-order valence-electron chi connectivity index (χ4n) is 1.44. The largest absolute Gasteiger partial charge is 0.479 e. The molecule has 0 saturated carbocycles. The Morgan fingerprint density at radius 1 is 1.53 bits per heavy atom. The van der Waals surface area contributed by atoms with Gasteiger partial charge in [-0.25, -0.2) is 4.39 Å². The van der Waals surface area contributed by atoms with Crippen molar-refractivity contribution in [1.82, 2.24) is 0 Å². The molecule has 1 aliphatic rings. The highest BCUT2D eigenvalue weighted by molar-refractivity contribution is 6.08. The smallest absolute Gasteiger partial charge is 0.265 e. The summed E-state index contributed by atoms with van der Waals surface area (Å²) in [5.74, 6) is -0.525. The summed E-state index contributed by atoms with van der Waals surface area (Å²) in [4.78, 5) is 11.3. The Morgan fingerprint density at radius 3 is 2.76 bits per heavy atom. The van der Waals surface area contributed by atoms with Gasteiger partial charge in [-0.3, -0.25) is 4.79 Å². The predicted molar refractivity (Wildman–Crippen MR) is 68.0 cm³/mol. The Hall–Kier alpha value is -1.52. The molecule has 1 amide bonds. The highest BCUT2D eigenvalue weighted by Gasteiger charge is 2.26. The molecule has 17 heavy (non-hydrogen) atoms. The van der Waals surface area contributed by atoms with Gasteiger partial charge < -0.3 is 10.1 Å². The van der Waals surface area contributed by atoms with Gasteiger partial charge in [0.15, 0.2) is 11.9 Å². The van der Waals surface area contributed by atoms with Crippen LogP contribution in [0.1, 0.15) is 27.8 Å². The third kappa shape index (κ3) is 2.60. The summed E-state index contributed by atoms with van der Waals surface area (Å²) in [6.07, 6.45) is -0.509. The van der Waals surface area contributed by atoms with Crippen LogP contribution in [0, 0.1) is 5.82 Å². The summed E-state index contributed by atoms with van der Waals surface area (Å²) >= 11 is 0. The molecule has 1 N–H and O–H groups in total. The lowest BCUT2D eigenvalue weighted by atomic mass is 9.95. The third-order valence-corrected chi connectivity index (χ3v) is 2.32. The normalized spacial score (nSPS) is 17.2. The summed E-state index contributed by atoms with van der Waals surface area (Å²) in [6, 6.07) is 3.16. The van der Waals surface area contributed by atoms with Crippen LogP contribution in [0.5, 0.6) is 5.75 Å². The van der Waals surface area contributed by atoms with E-state index in [1.807, 2.05) is 13.8 Å². The van der Waals surface area contributed by atoms with Crippen LogP contribution in [0.3, 0.4) is 0 Å². The van der Waals surface area contributed by atoms with Gasteiger partial charge in [0, 0.05) is 1.43 Å². The number of ether oxygens (including phenoxy) is 1. The van der Waals surface area contributed by atoms with Crippen LogP contribution in [0.25, 0.3) is 0 Å². The Kier molecular flexibility index (Phi) is 4.55. The molecule has 1 unspecified atom stereocenters. The molecule has 3 nitrogen and oxygen atoms in total. The molecular formula is C12H17BFNO2. The van der Waals surface area contributed by atoms with E-state index in [9.17, 15) is 9.18 Å². The maximum atomic E-state index is 13.7. The van der Waals surface area contributed by atoms with E-state index in [0.717, 1.165) is 0 Å². The van der Waals surface area contributed by atoms with Crippen molar-refractivity contribution in [3.05, 3.63) is 23.5 Å². The Bertz CT molecular complexity index is 429. The van der Waals surface area contributed by atoms with Crippen molar-refractivity contribution in [3.8, 4) is 5.75 Å². The van der Waals surface area contributed by atoms with Crippen molar-refractivity contribution >= 4 is 19.4 Å². The van der Waals surface area contributed by atoms with Crippen LogP contribution >= 0.6 is 0 Å². The van der Waals surface area contributed by atoms with E-state index in [1.165, 1.54) is 0 Å². The fraction of sp³-hybridized carbons (Fsp3) is 0.417. The Morgan fingerprint density at radius 2 is 2.18 bits per heavy atom. The number of fused-ring (bicyclic) bond motifs is 1. The molecule has 0 aromatic heterocycles. The molecule has 0 aliphatic carbocycles. The topological polar surface area (TPSA) is 38.3 Å². The van der Waals surface area contributed by atoms with E-state index in [0.29, 0.717) is 11.3 Å². The second-order valence-corrected chi connectivity index (χ2v) is 3.37. The van der Waals surface area contributed by atoms with E-state index in [-0.39, 0.29) is 19.3 Å². The van der Waals surface area contributed by atoms with Gasteiger partial charge in [-0.1, -0.05) is 26.2 Å². The number of nitrogens with one attached hydrogen (secondary N) is 1. The highest BCUT2D eigenvalue weighted by Crippen LogP contribution is 2.33. The number of carbonyl (C=O) groups is 1. The number of anilines is 1. The van der Waals surface area contributed by atoms with Gasteiger partial charge in [0.05, 0.1) is 7.85 Å². The second kappa shape index (κ2) is 5.71. The minimum absolute atomic E-state index is 0. The molecule has 1 aliphatic heterocycles. The van der Waals surface area contributed by atoms with Crippen molar-refractivity contribution in [1.29, 1.82) is 0 Å². The number of halogens is 1. The molecule has 92 valence electrons. The van der Waals surface area contributed by atoms with Gasteiger partial charge >= 0.3 is 0 Å². The lowest BCUT2D eigenvalue weighted by Gasteiger charge is -2.24. The van der Waals surface area contributed by atoms with Crippen LogP contribution in [-0.2, 0) is 11.1 Å². The van der Waals surface area contributed by atoms with Crippen LogP contribution < -0.4 is 10.1 Å². The standard InChI is InChI=1S/C10H9BFNO2.C2H6.H2/c1-5-10(14)13-9-7(15-5)3-2-6(4-11)8(9)12;1-2;/h2-3,5H,4H2,1H3,(H,13,14);1-2H3;1H. The van der Waals surface area contributed by atoms with Crippen molar-refractivity contribution in [2.45, 2.75) is 33.2 Å². The van der Waals surface area contributed by atoms with Crippen LogP contribution in [0.4, 0.5) is 10.1 Å². The van der Waals surface area contributed by atoms with E-state index in [4.69, 9.17) is 12.6 Å². The molecular weight excluding hydrogens is 220 g/mol. The molecule has 0 fully saturated rings. The molecule has 0 spiro atoms. The zero-order chi connectivity index (χ0) is 13.0. The third-order valence-electron chi connectivity index (χ3n) is 2.32. The first-order valence-corrected chi connectivity index (χ1v) is 5.62. The molecule has 0 bridgehead atoms. The lowest BCUT2D eigenvalue weighted by Crippen LogP contribution is -2.35. The van der Waals surface area contributed by atoms with E-state index in [2.05, 4.69) is 5.32 Å². The minimum Gasteiger partial charge on any atom is -0.479 e. The average molecular weight is 237 g/mol. The summed E-state index contributed by atoms with van der Waals surface area (Å²) < 4.78 is 18.9. The van der Waals surface area contributed by atoms with Gasteiger partial charge in [0.1, 0.15) is 11.4 Å². The van der Waals surface area contributed by atoms with Crippen LogP contribution in [0.15, 0.2) is 12.1 Å².